The van der Waals surface area contributed by atoms with Crippen LogP contribution in [0, 0.1) is 0 Å². The van der Waals surface area contributed by atoms with Gasteiger partial charge in [-0.25, -0.2) is 9.78 Å². The first-order valence-electron chi connectivity index (χ1n) is 8.48. The summed E-state index contributed by atoms with van der Waals surface area (Å²) in [4.78, 5) is 28.1. The van der Waals surface area contributed by atoms with Gasteiger partial charge in [0.15, 0.2) is 18.0 Å². The molecule has 0 saturated heterocycles. The Morgan fingerprint density at radius 1 is 1.12 bits per heavy atom. The zero-order valence-corrected chi connectivity index (χ0v) is 14.5. The Labute approximate surface area is 151 Å². The first kappa shape index (κ1) is 17.6. The maximum atomic E-state index is 12.1. The Morgan fingerprint density at radius 3 is 2.62 bits per heavy atom. The number of aromatic nitrogens is 1. The molecular weight excluding hydrogens is 330 g/mol. The lowest BCUT2D eigenvalue weighted by Crippen LogP contribution is -2.12. The molecule has 0 radical (unpaired) electrons. The highest BCUT2D eigenvalue weighted by molar-refractivity contribution is 5.98. The minimum absolute atomic E-state index is 0.239. The van der Waals surface area contributed by atoms with Gasteiger partial charge in [0.05, 0.1) is 0 Å². The molecule has 3 aromatic rings. The van der Waals surface area contributed by atoms with Crippen molar-refractivity contribution in [3.05, 3.63) is 71.6 Å². The monoisotopic (exact) mass is 349 g/mol. The molecule has 0 aliphatic carbocycles. The van der Waals surface area contributed by atoms with E-state index in [2.05, 4.69) is 11.9 Å². The number of ether oxygens (including phenoxy) is 1. The summed E-state index contributed by atoms with van der Waals surface area (Å²) in [5.41, 5.74) is 3.06. The van der Waals surface area contributed by atoms with Crippen LogP contribution in [0.25, 0.3) is 17.2 Å². The molecule has 0 unspecified atom stereocenters. The Kier molecular flexibility index (Phi) is 5.59. The van der Waals surface area contributed by atoms with E-state index in [1.165, 1.54) is 17.7 Å². The number of nitrogens with zero attached hydrogens (tertiary/aromatic N) is 1. The maximum absolute atomic E-state index is 12.1. The SMILES string of the molecule is CCCc1ccc(C(=O)COC(=O)/C=C/c2nc3ccccc3o2)cc1. The number of Topliss-reactive ketones (excluding diaryl/α,β-unsaturated/α-hetero) is 1. The van der Waals surface area contributed by atoms with E-state index in [0.717, 1.165) is 12.8 Å². The topological polar surface area (TPSA) is 69.4 Å². The van der Waals surface area contributed by atoms with Crippen LogP contribution in [-0.2, 0) is 16.0 Å². The zero-order valence-electron chi connectivity index (χ0n) is 14.5. The maximum Gasteiger partial charge on any atom is 0.331 e. The van der Waals surface area contributed by atoms with Crippen molar-refractivity contribution in [2.75, 3.05) is 6.61 Å². The van der Waals surface area contributed by atoms with Gasteiger partial charge in [-0.2, -0.15) is 0 Å². The molecule has 0 atom stereocenters. The highest BCUT2D eigenvalue weighted by Gasteiger charge is 2.09. The molecule has 132 valence electrons. The molecule has 0 aliphatic heterocycles. The second kappa shape index (κ2) is 8.25. The standard InChI is InChI=1S/C21H19NO4/c1-2-5-15-8-10-16(11-9-15)18(23)14-25-21(24)13-12-20-22-17-6-3-4-7-19(17)26-20/h3-4,6-13H,2,5,14H2,1H3/b13-12+. The van der Waals surface area contributed by atoms with Gasteiger partial charge in [0.2, 0.25) is 5.89 Å². The van der Waals surface area contributed by atoms with E-state index in [4.69, 9.17) is 9.15 Å². The summed E-state index contributed by atoms with van der Waals surface area (Å²) in [5, 5.41) is 0. The highest BCUT2D eigenvalue weighted by Crippen LogP contribution is 2.15. The first-order valence-corrected chi connectivity index (χ1v) is 8.48. The van der Waals surface area contributed by atoms with Crippen molar-refractivity contribution in [1.82, 2.24) is 4.98 Å². The van der Waals surface area contributed by atoms with Crippen molar-refractivity contribution in [2.45, 2.75) is 19.8 Å². The van der Waals surface area contributed by atoms with Crippen LogP contribution in [0.4, 0.5) is 0 Å². The number of carbonyl (C=O) groups excluding carboxylic acids is 2. The van der Waals surface area contributed by atoms with E-state index >= 15 is 0 Å². The average molecular weight is 349 g/mol. The highest BCUT2D eigenvalue weighted by atomic mass is 16.5. The second-order valence-corrected chi connectivity index (χ2v) is 5.83. The number of para-hydroxylation sites is 2. The Morgan fingerprint density at radius 2 is 1.88 bits per heavy atom. The minimum Gasteiger partial charge on any atom is -0.454 e. The summed E-state index contributed by atoms with van der Waals surface area (Å²) >= 11 is 0. The third-order valence-electron chi connectivity index (χ3n) is 3.83. The van der Waals surface area contributed by atoms with Gasteiger partial charge in [0, 0.05) is 17.7 Å². The molecule has 0 amide bonds. The molecule has 1 heterocycles. The van der Waals surface area contributed by atoms with Crippen molar-refractivity contribution >= 4 is 28.9 Å². The predicted octanol–water partition coefficient (Wildman–Crippen LogP) is 4.22. The summed E-state index contributed by atoms with van der Waals surface area (Å²) in [6, 6.07) is 14.7. The lowest BCUT2D eigenvalue weighted by atomic mass is 10.1. The van der Waals surface area contributed by atoms with Gasteiger partial charge < -0.3 is 9.15 Å². The number of fused-ring (bicyclic) bond motifs is 1. The van der Waals surface area contributed by atoms with Gasteiger partial charge >= 0.3 is 5.97 Å². The van der Waals surface area contributed by atoms with E-state index in [1.807, 2.05) is 30.3 Å². The van der Waals surface area contributed by atoms with Crippen LogP contribution in [0.5, 0.6) is 0 Å². The van der Waals surface area contributed by atoms with Crippen LogP contribution in [-0.4, -0.2) is 23.3 Å². The number of hydrogen-bond acceptors (Lipinski definition) is 5. The molecular formula is C21H19NO4. The summed E-state index contributed by atoms with van der Waals surface area (Å²) < 4.78 is 10.5. The smallest absolute Gasteiger partial charge is 0.331 e. The zero-order chi connectivity index (χ0) is 18.4. The quantitative estimate of drug-likeness (QED) is 0.363. The third kappa shape index (κ3) is 4.45. The molecule has 3 rings (SSSR count). The summed E-state index contributed by atoms with van der Waals surface area (Å²) in [5.74, 6) is -0.555. The number of benzene rings is 2. The molecule has 0 fully saturated rings. The van der Waals surface area contributed by atoms with E-state index in [0.29, 0.717) is 22.6 Å². The van der Waals surface area contributed by atoms with Gasteiger partial charge in [-0.15, -0.1) is 0 Å². The van der Waals surface area contributed by atoms with Gasteiger partial charge in [-0.1, -0.05) is 49.7 Å². The van der Waals surface area contributed by atoms with Crippen LogP contribution >= 0.6 is 0 Å². The summed E-state index contributed by atoms with van der Waals surface area (Å²) in [6.45, 7) is 1.80. The van der Waals surface area contributed by atoms with Crippen LogP contribution in [0.15, 0.2) is 59.0 Å². The van der Waals surface area contributed by atoms with E-state index in [1.54, 1.807) is 18.2 Å². The molecule has 1 aromatic heterocycles. The number of carbonyl (C=O) groups is 2. The lowest BCUT2D eigenvalue weighted by molar-refractivity contribution is -0.136. The van der Waals surface area contributed by atoms with Crippen molar-refractivity contribution in [3.63, 3.8) is 0 Å². The molecule has 0 saturated carbocycles. The van der Waals surface area contributed by atoms with E-state index in [-0.39, 0.29) is 12.4 Å². The Bertz CT molecular complexity index is 905. The van der Waals surface area contributed by atoms with Gasteiger partial charge in [-0.3, -0.25) is 4.79 Å². The Balaban J connectivity index is 1.53. The third-order valence-corrected chi connectivity index (χ3v) is 3.83. The van der Waals surface area contributed by atoms with Crippen molar-refractivity contribution in [3.8, 4) is 0 Å². The van der Waals surface area contributed by atoms with E-state index in [9.17, 15) is 9.59 Å². The van der Waals surface area contributed by atoms with Crippen molar-refractivity contribution < 1.29 is 18.7 Å². The van der Waals surface area contributed by atoms with Crippen LogP contribution in [0.3, 0.4) is 0 Å². The fraction of sp³-hybridized carbons (Fsp3) is 0.190. The fourth-order valence-electron chi connectivity index (χ4n) is 2.51. The number of rotatable bonds is 7. The van der Waals surface area contributed by atoms with Gasteiger partial charge in [0.1, 0.15) is 5.52 Å². The fourth-order valence-corrected chi connectivity index (χ4v) is 2.51. The molecule has 26 heavy (non-hydrogen) atoms. The van der Waals surface area contributed by atoms with Gasteiger partial charge in [0.25, 0.3) is 0 Å². The van der Waals surface area contributed by atoms with Crippen LogP contribution < -0.4 is 0 Å². The molecule has 0 aliphatic rings. The average Bonchev–Trinajstić information content (AvgIpc) is 3.08. The largest absolute Gasteiger partial charge is 0.454 e. The minimum atomic E-state index is -0.622. The molecule has 2 aromatic carbocycles. The molecule has 5 nitrogen and oxygen atoms in total. The number of oxazole rings is 1. The molecule has 5 heteroatoms. The van der Waals surface area contributed by atoms with E-state index < -0.39 is 5.97 Å². The predicted molar refractivity (Wildman–Crippen MR) is 98.8 cm³/mol. The van der Waals surface area contributed by atoms with Crippen LogP contribution in [0.1, 0.15) is 35.2 Å². The molecule has 0 spiro atoms. The number of aryl methyl sites for hydroxylation is 1. The molecule has 0 N–H and O–H groups in total. The van der Waals surface area contributed by atoms with Crippen molar-refractivity contribution in [1.29, 1.82) is 0 Å². The summed E-state index contributed by atoms with van der Waals surface area (Å²) in [6.07, 6.45) is 4.65. The first-order chi connectivity index (χ1) is 12.7. The van der Waals surface area contributed by atoms with Crippen LogP contribution in [0.2, 0.25) is 0 Å². The number of ketones is 1. The molecule has 0 bridgehead atoms. The normalized spacial score (nSPS) is 11.1. The van der Waals surface area contributed by atoms with Crippen molar-refractivity contribution in [2.24, 2.45) is 0 Å². The second-order valence-electron chi connectivity index (χ2n) is 5.83. The number of hydrogen-bond donors (Lipinski definition) is 0. The van der Waals surface area contributed by atoms with Gasteiger partial charge in [-0.05, 0) is 24.1 Å². The lowest BCUT2D eigenvalue weighted by Gasteiger charge is -2.03. The summed E-state index contributed by atoms with van der Waals surface area (Å²) in [7, 11) is 0. The number of esters is 1. The Hall–Kier alpha value is -3.21.